The fraction of sp³-hybridized carbons (Fsp3) is 0.389. The fourth-order valence-electron chi connectivity index (χ4n) is 3.36. The molecule has 1 aromatic carbocycles. The van der Waals surface area contributed by atoms with Gasteiger partial charge in [0.05, 0.1) is 5.69 Å². The predicted molar refractivity (Wildman–Crippen MR) is 93.9 cm³/mol. The first kappa shape index (κ1) is 15.7. The fourth-order valence-corrected chi connectivity index (χ4v) is 3.36. The second-order valence-electron chi connectivity index (χ2n) is 6.54. The quantitative estimate of drug-likeness (QED) is 0.791. The van der Waals surface area contributed by atoms with Crippen LogP contribution in [0.15, 0.2) is 34.7 Å². The van der Waals surface area contributed by atoms with Gasteiger partial charge in [-0.3, -0.25) is 4.79 Å². The summed E-state index contributed by atoms with van der Waals surface area (Å²) >= 11 is 0. The van der Waals surface area contributed by atoms with Crippen LogP contribution >= 0.6 is 0 Å². The molecule has 0 aliphatic carbocycles. The first-order valence-corrected chi connectivity index (χ1v) is 8.53. The van der Waals surface area contributed by atoms with Crippen molar-refractivity contribution in [3.63, 3.8) is 0 Å². The number of carbonyl (C=O) groups excluding carboxylic acids is 1. The number of benzene rings is 1. The van der Waals surface area contributed by atoms with E-state index in [4.69, 9.17) is 10.2 Å². The van der Waals surface area contributed by atoms with E-state index >= 15 is 0 Å². The van der Waals surface area contributed by atoms with Crippen LogP contribution in [0, 0.1) is 6.92 Å². The normalized spacial score (nSPS) is 15.8. The average molecular weight is 339 g/mol. The van der Waals surface area contributed by atoms with Crippen molar-refractivity contribution in [3.05, 3.63) is 41.9 Å². The maximum Gasteiger partial charge on any atom is 0.244 e. The Kier molecular flexibility index (Phi) is 3.91. The van der Waals surface area contributed by atoms with E-state index < -0.39 is 0 Å². The highest BCUT2D eigenvalue weighted by Gasteiger charge is 2.27. The molecular formula is C18H21N5O2. The highest BCUT2D eigenvalue weighted by Crippen LogP contribution is 2.30. The topological polar surface area (TPSA) is 90.2 Å². The first-order valence-electron chi connectivity index (χ1n) is 8.53. The Labute approximate surface area is 145 Å². The number of aromatic nitrogens is 3. The Balaban J connectivity index is 1.39. The van der Waals surface area contributed by atoms with Crippen LogP contribution in [0.25, 0.3) is 11.1 Å². The third-order valence-electron chi connectivity index (χ3n) is 4.73. The van der Waals surface area contributed by atoms with E-state index in [-0.39, 0.29) is 18.4 Å². The van der Waals surface area contributed by atoms with Crippen LogP contribution in [0.1, 0.15) is 30.3 Å². The van der Waals surface area contributed by atoms with Crippen LogP contribution in [-0.2, 0) is 11.3 Å². The third kappa shape index (κ3) is 3.09. The maximum atomic E-state index is 12.5. The Morgan fingerprint density at radius 2 is 2.08 bits per heavy atom. The van der Waals surface area contributed by atoms with Crippen molar-refractivity contribution < 1.29 is 9.21 Å². The number of nitrogens with zero attached hydrogens (tertiary/aromatic N) is 4. The van der Waals surface area contributed by atoms with Gasteiger partial charge in [-0.05, 0) is 31.9 Å². The summed E-state index contributed by atoms with van der Waals surface area (Å²) in [4.78, 5) is 18.9. The van der Waals surface area contributed by atoms with Gasteiger partial charge >= 0.3 is 0 Å². The summed E-state index contributed by atoms with van der Waals surface area (Å²) in [5.41, 5.74) is 8.39. The number of hydrogen-bond acceptors (Lipinski definition) is 5. The molecule has 25 heavy (non-hydrogen) atoms. The number of oxazole rings is 1. The van der Waals surface area contributed by atoms with Crippen LogP contribution in [-0.4, -0.2) is 38.7 Å². The lowest BCUT2D eigenvalue weighted by Gasteiger charge is -2.30. The van der Waals surface area contributed by atoms with Crippen molar-refractivity contribution in [1.29, 1.82) is 0 Å². The lowest BCUT2D eigenvalue weighted by molar-refractivity contribution is -0.133. The number of nitrogen functional groups attached to an aromatic ring is 1. The van der Waals surface area contributed by atoms with Crippen LogP contribution in [0.3, 0.4) is 0 Å². The van der Waals surface area contributed by atoms with Gasteiger partial charge < -0.3 is 15.1 Å². The third-order valence-corrected chi connectivity index (χ3v) is 4.73. The second kappa shape index (κ2) is 6.23. The summed E-state index contributed by atoms with van der Waals surface area (Å²) in [5, 5.41) is 4.25. The van der Waals surface area contributed by atoms with E-state index in [0.29, 0.717) is 18.9 Å². The van der Waals surface area contributed by atoms with Gasteiger partial charge in [0.2, 0.25) is 5.91 Å². The van der Waals surface area contributed by atoms with Crippen molar-refractivity contribution in [3.8, 4) is 0 Å². The van der Waals surface area contributed by atoms with Crippen molar-refractivity contribution in [1.82, 2.24) is 19.7 Å². The summed E-state index contributed by atoms with van der Waals surface area (Å²) in [6.45, 7) is 3.45. The van der Waals surface area contributed by atoms with Gasteiger partial charge in [-0.15, -0.1) is 0 Å². The molecule has 130 valence electrons. The standard InChI is InChI=1S/C18H21N5O2/c1-12-10-16(19)23(21-12)11-17(24)22-8-6-13(7-9-22)18-20-14-4-2-3-5-15(14)25-18/h2-5,10,13H,6-9,11,19H2,1H3. The number of amides is 1. The van der Waals surface area contributed by atoms with Gasteiger partial charge in [-0.2, -0.15) is 5.10 Å². The SMILES string of the molecule is Cc1cc(N)n(CC(=O)N2CCC(c3nc4ccccc4o3)CC2)n1. The summed E-state index contributed by atoms with van der Waals surface area (Å²) in [5.74, 6) is 1.60. The molecule has 0 radical (unpaired) electrons. The molecule has 3 heterocycles. The number of rotatable bonds is 3. The molecule has 2 aromatic heterocycles. The van der Waals surface area contributed by atoms with Gasteiger partial charge in [-0.1, -0.05) is 12.1 Å². The largest absolute Gasteiger partial charge is 0.440 e. The second-order valence-corrected chi connectivity index (χ2v) is 6.54. The van der Waals surface area contributed by atoms with Crippen molar-refractivity contribution >= 4 is 22.8 Å². The van der Waals surface area contributed by atoms with Gasteiger partial charge in [0.1, 0.15) is 17.9 Å². The monoisotopic (exact) mass is 339 g/mol. The van der Waals surface area contributed by atoms with Gasteiger partial charge in [0.15, 0.2) is 11.5 Å². The number of carbonyl (C=O) groups is 1. The summed E-state index contributed by atoms with van der Waals surface area (Å²) in [6.07, 6.45) is 1.71. The predicted octanol–water partition coefficient (Wildman–Crippen LogP) is 2.32. The Hall–Kier alpha value is -2.83. The van der Waals surface area contributed by atoms with E-state index in [9.17, 15) is 4.79 Å². The lowest BCUT2D eigenvalue weighted by Crippen LogP contribution is -2.40. The molecular weight excluding hydrogens is 318 g/mol. The van der Waals surface area contributed by atoms with Gasteiger partial charge in [0.25, 0.3) is 0 Å². The molecule has 1 saturated heterocycles. The number of likely N-dealkylation sites (tertiary alicyclic amines) is 1. The molecule has 0 atom stereocenters. The van der Waals surface area contributed by atoms with Crippen LogP contribution in [0.4, 0.5) is 5.82 Å². The van der Waals surface area contributed by atoms with Crippen LogP contribution < -0.4 is 5.73 Å². The highest BCUT2D eigenvalue weighted by molar-refractivity contribution is 5.76. The molecule has 3 aromatic rings. The smallest absolute Gasteiger partial charge is 0.244 e. The van der Waals surface area contributed by atoms with Crippen LogP contribution in [0.5, 0.6) is 0 Å². The van der Waals surface area contributed by atoms with Gasteiger partial charge in [-0.25, -0.2) is 9.67 Å². The molecule has 4 rings (SSSR count). The van der Waals surface area contributed by atoms with E-state index in [1.807, 2.05) is 36.1 Å². The summed E-state index contributed by atoms with van der Waals surface area (Å²) in [6, 6.07) is 9.56. The molecule has 0 bridgehead atoms. The summed E-state index contributed by atoms with van der Waals surface area (Å²) < 4.78 is 7.43. The number of aryl methyl sites for hydroxylation is 1. The van der Waals surface area contributed by atoms with Gasteiger partial charge in [0, 0.05) is 25.1 Å². The number of hydrogen-bond donors (Lipinski definition) is 1. The van der Waals surface area contributed by atoms with E-state index in [2.05, 4.69) is 10.1 Å². The molecule has 1 aliphatic rings. The Morgan fingerprint density at radius 3 is 2.76 bits per heavy atom. The minimum atomic E-state index is 0.0471. The summed E-state index contributed by atoms with van der Waals surface area (Å²) in [7, 11) is 0. The number of anilines is 1. The van der Waals surface area contributed by atoms with E-state index in [1.54, 1.807) is 10.7 Å². The lowest BCUT2D eigenvalue weighted by atomic mass is 9.97. The van der Waals surface area contributed by atoms with E-state index in [0.717, 1.165) is 35.5 Å². The Bertz CT molecular complexity index is 872. The number of fused-ring (bicyclic) bond motifs is 1. The molecule has 1 aliphatic heterocycles. The molecule has 0 unspecified atom stereocenters. The van der Waals surface area contributed by atoms with Crippen LogP contribution in [0.2, 0.25) is 0 Å². The molecule has 7 heteroatoms. The highest BCUT2D eigenvalue weighted by atomic mass is 16.3. The zero-order chi connectivity index (χ0) is 17.4. The molecule has 2 N–H and O–H groups in total. The van der Waals surface area contributed by atoms with Crippen molar-refractivity contribution in [2.24, 2.45) is 0 Å². The van der Waals surface area contributed by atoms with Crippen molar-refractivity contribution in [2.75, 3.05) is 18.8 Å². The van der Waals surface area contributed by atoms with Crippen molar-refractivity contribution in [2.45, 2.75) is 32.2 Å². The molecule has 0 spiro atoms. The molecule has 0 saturated carbocycles. The minimum Gasteiger partial charge on any atom is -0.440 e. The number of piperidine rings is 1. The molecule has 7 nitrogen and oxygen atoms in total. The molecule has 1 amide bonds. The number of nitrogens with two attached hydrogens (primary N) is 1. The average Bonchev–Trinajstić information content (AvgIpc) is 3.18. The minimum absolute atomic E-state index is 0.0471. The molecule has 1 fully saturated rings. The zero-order valence-corrected chi connectivity index (χ0v) is 14.2. The first-order chi connectivity index (χ1) is 12.1. The number of para-hydroxylation sites is 2. The Morgan fingerprint density at radius 1 is 1.32 bits per heavy atom. The zero-order valence-electron chi connectivity index (χ0n) is 14.2. The maximum absolute atomic E-state index is 12.5. The van der Waals surface area contributed by atoms with E-state index in [1.165, 1.54) is 0 Å².